The Morgan fingerprint density at radius 3 is 3.11 bits per heavy atom. The maximum absolute atomic E-state index is 11.3. The van der Waals surface area contributed by atoms with Crippen LogP contribution in [0.2, 0.25) is 0 Å². The fourth-order valence-electron chi connectivity index (χ4n) is 1.15. The molecule has 0 aromatic carbocycles. The lowest BCUT2D eigenvalue weighted by atomic mass is 10.3. The van der Waals surface area contributed by atoms with E-state index in [2.05, 4.69) is 27.2 Å². The number of unbranched alkanes of at least 4 members (excludes halogenated alkanes) is 1. The van der Waals surface area contributed by atoms with Crippen molar-refractivity contribution < 1.29 is 4.79 Å². The van der Waals surface area contributed by atoms with Crippen molar-refractivity contribution in [3.8, 4) is 0 Å². The number of rotatable bonds is 6. The number of aryl methyl sites for hydroxylation is 1. The molecular formula is C12H18N4OS. The normalized spacial score (nSPS) is 10.6. The molecule has 5 nitrogen and oxygen atoms in total. The molecule has 1 aromatic rings. The van der Waals surface area contributed by atoms with E-state index in [1.807, 2.05) is 25.1 Å². The molecule has 0 aliphatic heterocycles. The molecule has 2 amide bonds. The fourth-order valence-corrected chi connectivity index (χ4v) is 1.86. The number of carbonyl (C=O) groups is 1. The third-order valence-electron chi connectivity index (χ3n) is 2.04. The molecule has 0 aliphatic carbocycles. The molecule has 1 rings (SSSR count). The van der Waals surface area contributed by atoms with E-state index in [0.29, 0.717) is 5.69 Å². The van der Waals surface area contributed by atoms with E-state index < -0.39 is 0 Å². The van der Waals surface area contributed by atoms with Crippen LogP contribution in [0.4, 0.5) is 4.79 Å². The maximum atomic E-state index is 11.3. The summed E-state index contributed by atoms with van der Waals surface area (Å²) in [6, 6.07) is 5.30. The van der Waals surface area contributed by atoms with Gasteiger partial charge in [0.1, 0.15) is 0 Å². The smallest absolute Gasteiger partial charge is 0.280 e. The standard InChI is InChI=1S/C12H18N4OS/c1-3-4-8-18-16-12(17)15-13-9-11-7-5-6-10(2)14-11/h5-7,9H,3-4,8H2,1-2H3,(H2,15,16,17)/b13-9+. The highest BCUT2D eigenvalue weighted by Crippen LogP contribution is 1.98. The lowest BCUT2D eigenvalue weighted by Gasteiger charge is -2.01. The Bertz CT molecular complexity index is 409. The Balaban J connectivity index is 2.25. The van der Waals surface area contributed by atoms with Crippen molar-refractivity contribution in [2.75, 3.05) is 5.75 Å². The Morgan fingerprint density at radius 1 is 1.56 bits per heavy atom. The first-order chi connectivity index (χ1) is 8.72. The summed E-state index contributed by atoms with van der Waals surface area (Å²) in [5.41, 5.74) is 4.02. The maximum Gasteiger partial charge on any atom is 0.345 e. The molecule has 18 heavy (non-hydrogen) atoms. The second-order valence-corrected chi connectivity index (χ2v) is 4.61. The molecular weight excluding hydrogens is 248 g/mol. The molecule has 0 fully saturated rings. The minimum absolute atomic E-state index is 0.319. The highest BCUT2D eigenvalue weighted by Gasteiger charge is 1.96. The molecule has 2 N–H and O–H groups in total. The van der Waals surface area contributed by atoms with Gasteiger partial charge in [0.05, 0.1) is 11.9 Å². The van der Waals surface area contributed by atoms with Crippen molar-refractivity contribution in [2.24, 2.45) is 5.10 Å². The average Bonchev–Trinajstić information content (AvgIpc) is 2.35. The van der Waals surface area contributed by atoms with Gasteiger partial charge in [-0.25, -0.2) is 10.2 Å². The minimum Gasteiger partial charge on any atom is -0.280 e. The molecule has 6 heteroatoms. The second-order valence-electron chi connectivity index (χ2n) is 3.71. The van der Waals surface area contributed by atoms with Crippen LogP contribution in [0.25, 0.3) is 0 Å². The summed E-state index contributed by atoms with van der Waals surface area (Å²) in [5.74, 6) is 0.910. The second kappa shape index (κ2) is 8.52. The monoisotopic (exact) mass is 266 g/mol. The summed E-state index contributed by atoms with van der Waals surface area (Å²) >= 11 is 1.38. The van der Waals surface area contributed by atoms with E-state index in [-0.39, 0.29) is 6.03 Å². The Labute approximate surface area is 112 Å². The molecule has 0 spiro atoms. The zero-order valence-electron chi connectivity index (χ0n) is 10.6. The predicted octanol–water partition coefficient (Wildman–Crippen LogP) is 2.47. The van der Waals surface area contributed by atoms with E-state index >= 15 is 0 Å². The van der Waals surface area contributed by atoms with Crippen LogP contribution >= 0.6 is 11.9 Å². The van der Waals surface area contributed by atoms with Crippen LogP contribution in [-0.2, 0) is 0 Å². The number of hydrogen-bond donors (Lipinski definition) is 2. The van der Waals surface area contributed by atoms with Crippen LogP contribution in [0, 0.1) is 6.92 Å². The molecule has 1 aromatic heterocycles. The van der Waals surface area contributed by atoms with Gasteiger partial charge in [0.25, 0.3) is 0 Å². The SMILES string of the molecule is CCCCSNC(=O)N/N=C/c1cccc(C)n1. The van der Waals surface area contributed by atoms with E-state index in [9.17, 15) is 4.79 Å². The predicted molar refractivity (Wildman–Crippen MR) is 75.6 cm³/mol. The van der Waals surface area contributed by atoms with Crippen molar-refractivity contribution in [3.63, 3.8) is 0 Å². The van der Waals surface area contributed by atoms with Gasteiger partial charge in [-0.15, -0.1) is 0 Å². The van der Waals surface area contributed by atoms with E-state index in [1.54, 1.807) is 0 Å². The molecule has 0 atom stereocenters. The first-order valence-corrected chi connectivity index (χ1v) is 6.85. The number of hydrogen-bond acceptors (Lipinski definition) is 4. The quantitative estimate of drug-likeness (QED) is 0.360. The topological polar surface area (TPSA) is 66.4 Å². The van der Waals surface area contributed by atoms with Gasteiger partial charge in [0.2, 0.25) is 0 Å². The largest absolute Gasteiger partial charge is 0.345 e. The molecule has 0 unspecified atom stereocenters. The number of hydrazone groups is 1. The Kier molecular flexibility index (Phi) is 6.86. The molecule has 0 aliphatic rings. The number of nitrogens with zero attached hydrogens (tertiary/aromatic N) is 2. The molecule has 1 heterocycles. The van der Waals surface area contributed by atoms with Gasteiger partial charge in [-0.2, -0.15) is 5.10 Å². The zero-order valence-corrected chi connectivity index (χ0v) is 11.5. The molecule has 0 saturated heterocycles. The number of pyridine rings is 1. The average molecular weight is 266 g/mol. The van der Waals surface area contributed by atoms with Gasteiger partial charge < -0.3 is 0 Å². The summed E-state index contributed by atoms with van der Waals surface area (Å²) in [4.78, 5) is 15.5. The van der Waals surface area contributed by atoms with Gasteiger partial charge >= 0.3 is 6.03 Å². The molecule has 0 bridgehead atoms. The van der Waals surface area contributed by atoms with Crippen LogP contribution in [0.3, 0.4) is 0 Å². The highest BCUT2D eigenvalue weighted by molar-refractivity contribution is 7.97. The first kappa shape index (κ1) is 14.5. The van der Waals surface area contributed by atoms with E-state index in [1.165, 1.54) is 18.2 Å². The number of nitrogens with one attached hydrogen (secondary N) is 2. The van der Waals surface area contributed by atoms with Gasteiger partial charge in [-0.1, -0.05) is 19.4 Å². The number of carbonyl (C=O) groups excluding carboxylic acids is 1. The van der Waals surface area contributed by atoms with Crippen LogP contribution in [0.15, 0.2) is 23.3 Å². The third-order valence-corrected chi connectivity index (χ3v) is 2.86. The fraction of sp³-hybridized carbons (Fsp3) is 0.417. The number of urea groups is 1. The van der Waals surface area contributed by atoms with Crippen molar-refractivity contribution in [3.05, 3.63) is 29.6 Å². The van der Waals surface area contributed by atoms with E-state index in [4.69, 9.17) is 0 Å². The summed E-state index contributed by atoms with van der Waals surface area (Å²) in [7, 11) is 0. The van der Waals surface area contributed by atoms with Crippen LogP contribution in [0.5, 0.6) is 0 Å². The van der Waals surface area contributed by atoms with Gasteiger partial charge in [-0.05, 0) is 37.4 Å². The lowest BCUT2D eigenvalue weighted by molar-refractivity contribution is 0.247. The van der Waals surface area contributed by atoms with Gasteiger partial charge in [0.15, 0.2) is 0 Å². The molecule has 98 valence electrons. The van der Waals surface area contributed by atoms with Crippen LogP contribution < -0.4 is 10.1 Å². The number of amides is 2. The van der Waals surface area contributed by atoms with Gasteiger partial charge in [0, 0.05) is 11.4 Å². The summed E-state index contributed by atoms with van der Waals surface area (Å²) in [5, 5.41) is 3.82. The van der Waals surface area contributed by atoms with E-state index in [0.717, 1.165) is 24.3 Å². The Hall–Kier alpha value is -1.56. The van der Waals surface area contributed by atoms with Crippen LogP contribution in [-0.4, -0.2) is 23.0 Å². The third kappa shape index (κ3) is 6.24. The van der Waals surface area contributed by atoms with Crippen molar-refractivity contribution >= 4 is 24.2 Å². The Morgan fingerprint density at radius 2 is 2.39 bits per heavy atom. The van der Waals surface area contributed by atoms with Crippen molar-refractivity contribution in [1.82, 2.24) is 15.1 Å². The first-order valence-electron chi connectivity index (χ1n) is 5.87. The molecule has 0 radical (unpaired) electrons. The van der Waals surface area contributed by atoms with Crippen molar-refractivity contribution in [1.29, 1.82) is 0 Å². The van der Waals surface area contributed by atoms with Crippen LogP contribution in [0.1, 0.15) is 31.2 Å². The highest BCUT2D eigenvalue weighted by atomic mass is 32.2. The minimum atomic E-state index is -0.319. The summed E-state index contributed by atoms with van der Waals surface area (Å²) in [6.07, 6.45) is 3.72. The summed E-state index contributed by atoms with van der Waals surface area (Å²) < 4.78 is 2.65. The lowest BCUT2D eigenvalue weighted by Crippen LogP contribution is -2.27. The number of aromatic nitrogens is 1. The van der Waals surface area contributed by atoms with Crippen molar-refractivity contribution in [2.45, 2.75) is 26.7 Å². The van der Waals surface area contributed by atoms with Gasteiger partial charge in [-0.3, -0.25) is 9.71 Å². The molecule has 0 saturated carbocycles. The zero-order chi connectivity index (χ0) is 13.2. The summed E-state index contributed by atoms with van der Waals surface area (Å²) in [6.45, 7) is 4.02.